The van der Waals surface area contributed by atoms with E-state index in [9.17, 15) is 14.7 Å². The Balaban J connectivity index is 1.68. The molecule has 162 valence electrons. The van der Waals surface area contributed by atoms with Crippen molar-refractivity contribution >= 4 is 45.5 Å². The second-order valence-electron chi connectivity index (χ2n) is 7.78. The van der Waals surface area contributed by atoms with Crippen LogP contribution in [0, 0.1) is 6.92 Å². The van der Waals surface area contributed by atoms with Crippen molar-refractivity contribution in [2.45, 2.75) is 32.4 Å². The summed E-state index contributed by atoms with van der Waals surface area (Å²) < 4.78 is 5.73. The lowest BCUT2D eigenvalue weighted by molar-refractivity contribution is -0.132. The first-order chi connectivity index (χ1) is 15.3. The fraction of sp³-hybridized carbons (Fsp3) is 0.217. The largest absolute Gasteiger partial charge is 0.507 e. The summed E-state index contributed by atoms with van der Waals surface area (Å²) in [4.78, 5) is 27.5. The van der Waals surface area contributed by atoms with E-state index in [2.05, 4.69) is 10.2 Å². The third-order valence-corrected chi connectivity index (χ3v) is 6.61. The van der Waals surface area contributed by atoms with Crippen molar-refractivity contribution in [3.05, 3.63) is 74.8 Å². The fourth-order valence-corrected chi connectivity index (χ4v) is 4.94. The molecule has 3 aromatic rings. The molecule has 32 heavy (non-hydrogen) atoms. The van der Waals surface area contributed by atoms with Crippen LogP contribution >= 0.6 is 22.9 Å². The number of aliphatic hydroxyl groups is 1. The molecule has 0 aliphatic carbocycles. The first-order valence-electron chi connectivity index (χ1n) is 10.00. The molecule has 3 heterocycles. The number of ketones is 1. The molecule has 0 saturated carbocycles. The molecule has 2 aliphatic heterocycles. The lowest BCUT2D eigenvalue weighted by Gasteiger charge is -2.22. The van der Waals surface area contributed by atoms with E-state index in [0.717, 1.165) is 11.3 Å². The third kappa shape index (κ3) is 3.36. The number of aryl methyl sites for hydroxylation is 1. The monoisotopic (exact) mass is 467 g/mol. The normalized spacial score (nSPS) is 21.7. The van der Waals surface area contributed by atoms with Gasteiger partial charge in [-0.1, -0.05) is 35.1 Å². The number of aromatic nitrogens is 2. The Hall–Kier alpha value is -3.23. The number of amides is 1. The molecule has 0 spiro atoms. The number of anilines is 1. The van der Waals surface area contributed by atoms with E-state index in [1.165, 1.54) is 16.2 Å². The number of Topliss-reactive ketones (excluding diaryl/α,β-unsaturated/α-hetero) is 1. The van der Waals surface area contributed by atoms with Crippen LogP contribution in [0.25, 0.3) is 5.76 Å². The van der Waals surface area contributed by atoms with Gasteiger partial charge in [0.2, 0.25) is 5.13 Å². The third-order valence-electron chi connectivity index (χ3n) is 5.52. The summed E-state index contributed by atoms with van der Waals surface area (Å²) in [5, 5.41) is 20.8. The number of ether oxygens (including phenoxy) is 1. The Morgan fingerprint density at radius 3 is 2.62 bits per heavy atom. The standard InChI is InChI=1S/C23H18ClN3O4S/c1-11-9-15-10-14(5-8-17(15)31-11)20(28)18-19(13-3-6-16(24)7-4-13)27(22(30)21(18)29)23-26-25-12(2)32-23/h3-8,10-11,19,28H,9H2,1-2H3/t11-,19+/m1/s1. The van der Waals surface area contributed by atoms with Crippen LogP contribution in [-0.4, -0.2) is 33.1 Å². The molecule has 0 radical (unpaired) electrons. The number of hydrogen-bond acceptors (Lipinski definition) is 7. The first-order valence-corrected chi connectivity index (χ1v) is 11.2. The number of nitrogens with zero attached hydrogens (tertiary/aromatic N) is 3. The molecule has 7 nitrogen and oxygen atoms in total. The Bertz CT molecular complexity index is 1280. The zero-order valence-electron chi connectivity index (χ0n) is 17.2. The number of carbonyl (C=O) groups is 2. The van der Waals surface area contributed by atoms with Crippen LogP contribution in [0.15, 0.2) is 48.0 Å². The summed E-state index contributed by atoms with van der Waals surface area (Å²) in [5.74, 6) is -1.02. The predicted octanol–water partition coefficient (Wildman–Crippen LogP) is 4.45. The van der Waals surface area contributed by atoms with E-state index in [0.29, 0.717) is 32.7 Å². The fourth-order valence-electron chi connectivity index (χ4n) is 4.10. The summed E-state index contributed by atoms with van der Waals surface area (Å²) in [7, 11) is 0. The number of hydrogen-bond donors (Lipinski definition) is 1. The zero-order valence-corrected chi connectivity index (χ0v) is 18.8. The van der Waals surface area contributed by atoms with Crippen molar-refractivity contribution in [3.63, 3.8) is 0 Å². The highest BCUT2D eigenvalue weighted by Crippen LogP contribution is 2.43. The molecule has 1 amide bonds. The molecule has 0 unspecified atom stereocenters. The molecule has 2 aromatic carbocycles. The molecule has 0 bridgehead atoms. The first kappa shape index (κ1) is 20.7. The maximum atomic E-state index is 13.1. The summed E-state index contributed by atoms with van der Waals surface area (Å²) in [5.41, 5.74) is 2.02. The summed E-state index contributed by atoms with van der Waals surface area (Å²) >= 11 is 7.25. The van der Waals surface area contributed by atoms with Gasteiger partial charge in [0.25, 0.3) is 5.78 Å². The smallest absolute Gasteiger partial charge is 0.301 e. The summed E-state index contributed by atoms with van der Waals surface area (Å²) in [6.45, 7) is 3.73. The van der Waals surface area contributed by atoms with Gasteiger partial charge in [0.05, 0.1) is 11.6 Å². The van der Waals surface area contributed by atoms with E-state index in [1.807, 2.05) is 6.92 Å². The van der Waals surface area contributed by atoms with Gasteiger partial charge in [-0.3, -0.25) is 14.5 Å². The van der Waals surface area contributed by atoms with E-state index < -0.39 is 17.7 Å². The van der Waals surface area contributed by atoms with Gasteiger partial charge in [-0.25, -0.2) is 0 Å². The van der Waals surface area contributed by atoms with Crippen LogP contribution in [0.2, 0.25) is 5.02 Å². The molecule has 5 rings (SSSR count). The lowest BCUT2D eigenvalue weighted by Crippen LogP contribution is -2.29. The Labute approximate surface area is 192 Å². The number of halogens is 1. The maximum Gasteiger partial charge on any atom is 0.301 e. The highest BCUT2D eigenvalue weighted by Gasteiger charge is 2.48. The van der Waals surface area contributed by atoms with Crippen LogP contribution in [0.3, 0.4) is 0 Å². The number of fused-ring (bicyclic) bond motifs is 1. The average Bonchev–Trinajstić information content (AvgIpc) is 3.43. The quantitative estimate of drug-likeness (QED) is 0.347. The van der Waals surface area contributed by atoms with E-state index >= 15 is 0 Å². The van der Waals surface area contributed by atoms with Crippen LogP contribution in [-0.2, 0) is 16.0 Å². The molecule has 1 fully saturated rings. The Morgan fingerprint density at radius 2 is 1.94 bits per heavy atom. The summed E-state index contributed by atoms with van der Waals surface area (Å²) in [6.07, 6.45) is 0.748. The average molecular weight is 468 g/mol. The van der Waals surface area contributed by atoms with E-state index in [4.69, 9.17) is 16.3 Å². The molecule has 1 saturated heterocycles. The van der Waals surface area contributed by atoms with Gasteiger partial charge in [-0.15, -0.1) is 10.2 Å². The van der Waals surface area contributed by atoms with Crippen molar-refractivity contribution in [2.75, 3.05) is 4.90 Å². The molecule has 2 atom stereocenters. The van der Waals surface area contributed by atoms with Crippen molar-refractivity contribution in [2.24, 2.45) is 0 Å². The van der Waals surface area contributed by atoms with E-state index in [-0.39, 0.29) is 17.4 Å². The molecule has 1 N–H and O–H groups in total. The van der Waals surface area contributed by atoms with Crippen LogP contribution in [0.1, 0.15) is 34.7 Å². The van der Waals surface area contributed by atoms with Crippen LogP contribution in [0.5, 0.6) is 5.75 Å². The van der Waals surface area contributed by atoms with E-state index in [1.54, 1.807) is 49.4 Å². The minimum Gasteiger partial charge on any atom is -0.507 e. The zero-order chi connectivity index (χ0) is 22.6. The van der Waals surface area contributed by atoms with Gasteiger partial charge < -0.3 is 9.84 Å². The van der Waals surface area contributed by atoms with Crippen molar-refractivity contribution in [1.29, 1.82) is 0 Å². The second-order valence-corrected chi connectivity index (χ2v) is 9.38. The number of carbonyl (C=O) groups excluding carboxylic acids is 2. The molecule has 2 aliphatic rings. The minimum absolute atomic E-state index is 0.00270. The lowest BCUT2D eigenvalue weighted by atomic mass is 9.94. The second kappa shape index (κ2) is 7.72. The maximum absolute atomic E-state index is 13.1. The van der Waals surface area contributed by atoms with Gasteiger partial charge in [0.1, 0.15) is 22.6 Å². The van der Waals surface area contributed by atoms with Crippen molar-refractivity contribution < 1.29 is 19.4 Å². The van der Waals surface area contributed by atoms with Gasteiger partial charge in [-0.05, 0) is 55.3 Å². The Kier molecular flexibility index (Phi) is 4.98. The molecule has 1 aromatic heterocycles. The van der Waals surface area contributed by atoms with Gasteiger partial charge in [0, 0.05) is 17.0 Å². The van der Waals surface area contributed by atoms with Crippen LogP contribution in [0.4, 0.5) is 5.13 Å². The molecular weight excluding hydrogens is 450 g/mol. The topological polar surface area (TPSA) is 92.6 Å². The van der Waals surface area contributed by atoms with Gasteiger partial charge in [-0.2, -0.15) is 0 Å². The molecule has 9 heteroatoms. The van der Waals surface area contributed by atoms with Crippen molar-refractivity contribution in [1.82, 2.24) is 10.2 Å². The van der Waals surface area contributed by atoms with Crippen LogP contribution < -0.4 is 9.64 Å². The van der Waals surface area contributed by atoms with Crippen molar-refractivity contribution in [3.8, 4) is 5.75 Å². The molecular formula is C23H18ClN3O4S. The SMILES string of the molecule is Cc1nnc(N2C(=O)C(=O)C(=C(O)c3ccc4c(c3)C[C@@H](C)O4)[C@@H]2c2ccc(Cl)cc2)s1. The number of rotatable bonds is 3. The number of aliphatic hydroxyl groups excluding tert-OH is 1. The predicted molar refractivity (Wildman–Crippen MR) is 121 cm³/mol. The van der Waals surface area contributed by atoms with Gasteiger partial charge in [0.15, 0.2) is 0 Å². The van der Waals surface area contributed by atoms with Gasteiger partial charge >= 0.3 is 5.91 Å². The highest BCUT2D eigenvalue weighted by atomic mass is 35.5. The number of benzene rings is 2. The highest BCUT2D eigenvalue weighted by molar-refractivity contribution is 7.15. The minimum atomic E-state index is -0.858. The Morgan fingerprint density at radius 1 is 1.19 bits per heavy atom. The summed E-state index contributed by atoms with van der Waals surface area (Å²) in [6, 6.07) is 11.2.